The van der Waals surface area contributed by atoms with Gasteiger partial charge in [-0.05, 0) is 25.0 Å². The highest BCUT2D eigenvalue weighted by molar-refractivity contribution is 6.30. The number of amides is 1. The molecule has 1 amide bonds. The number of halogens is 2. The van der Waals surface area contributed by atoms with E-state index in [1.165, 1.54) is 13.0 Å². The zero-order valence-corrected chi connectivity index (χ0v) is 11.3. The van der Waals surface area contributed by atoms with Gasteiger partial charge in [0.1, 0.15) is 11.9 Å². The molecule has 0 aliphatic carbocycles. The summed E-state index contributed by atoms with van der Waals surface area (Å²) >= 11 is 5.69. The van der Waals surface area contributed by atoms with Crippen LogP contribution in [0.25, 0.3) is 0 Å². The van der Waals surface area contributed by atoms with Crippen molar-refractivity contribution in [3.8, 4) is 0 Å². The van der Waals surface area contributed by atoms with Gasteiger partial charge in [0, 0.05) is 10.6 Å². The quantitative estimate of drug-likeness (QED) is 0.886. The molecule has 1 aromatic rings. The second-order valence-corrected chi connectivity index (χ2v) is 5.01. The fourth-order valence-corrected chi connectivity index (χ4v) is 1.79. The van der Waals surface area contributed by atoms with Gasteiger partial charge in [-0.25, -0.2) is 4.39 Å². The number of hydrogen-bond acceptors (Lipinski definition) is 2. The molecule has 0 saturated carbocycles. The lowest BCUT2D eigenvalue weighted by molar-refractivity contribution is -0.129. The van der Waals surface area contributed by atoms with Crippen LogP contribution in [0.2, 0.25) is 5.02 Å². The number of nitrogens with one attached hydrogen (secondary N) is 1. The molecular formula is C13H17ClFNO2. The van der Waals surface area contributed by atoms with Crippen molar-refractivity contribution in [2.45, 2.75) is 32.9 Å². The van der Waals surface area contributed by atoms with Crippen LogP contribution < -0.4 is 5.32 Å². The monoisotopic (exact) mass is 273 g/mol. The van der Waals surface area contributed by atoms with E-state index < -0.39 is 23.9 Å². The van der Waals surface area contributed by atoms with Crippen molar-refractivity contribution in [1.82, 2.24) is 5.32 Å². The molecule has 5 heteroatoms. The lowest BCUT2D eigenvalue weighted by atomic mass is 9.95. The maximum absolute atomic E-state index is 13.8. The van der Waals surface area contributed by atoms with Crippen LogP contribution in [0, 0.1) is 11.7 Å². The summed E-state index contributed by atoms with van der Waals surface area (Å²) in [5.41, 5.74) is 0.364. The Morgan fingerprint density at radius 2 is 2.00 bits per heavy atom. The molecular weight excluding hydrogens is 257 g/mol. The van der Waals surface area contributed by atoms with E-state index in [-0.39, 0.29) is 5.92 Å². The minimum atomic E-state index is -1.12. The molecule has 2 unspecified atom stereocenters. The predicted molar refractivity (Wildman–Crippen MR) is 68.8 cm³/mol. The van der Waals surface area contributed by atoms with Crippen molar-refractivity contribution in [1.29, 1.82) is 0 Å². The number of benzene rings is 1. The Kier molecular flexibility index (Phi) is 5.11. The van der Waals surface area contributed by atoms with Crippen LogP contribution in [-0.4, -0.2) is 17.1 Å². The highest BCUT2D eigenvalue weighted by Crippen LogP contribution is 2.26. The molecule has 18 heavy (non-hydrogen) atoms. The van der Waals surface area contributed by atoms with Gasteiger partial charge in [-0.15, -0.1) is 0 Å². The first-order chi connectivity index (χ1) is 8.32. The lowest BCUT2D eigenvalue weighted by Crippen LogP contribution is -2.38. The van der Waals surface area contributed by atoms with Gasteiger partial charge in [-0.2, -0.15) is 0 Å². The van der Waals surface area contributed by atoms with Crippen LogP contribution in [0.5, 0.6) is 0 Å². The molecule has 0 spiro atoms. The first kappa shape index (κ1) is 14.9. The molecule has 0 bridgehead atoms. The third kappa shape index (κ3) is 3.68. The highest BCUT2D eigenvalue weighted by atomic mass is 35.5. The molecule has 0 aromatic heterocycles. The van der Waals surface area contributed by atoms with E-state index in [0.717, 1.165) is 0 Å². The molecule has 0 fully saturated rings. The minimum absolute atomic E-state index is 0.0108. The lowest BCUT2D eigenvalue weighted by Gasteiger charge is -2.24. The summed E-state index contributed by atoms with van der Waals surface area (Å²) < 4.78 is 13.8. The number of carbonyl (C=O) groups excluding carboxylic acids is 1. The molecule has 0 saturated heterocycles. The maximum Gasteiger partial charge on any atom is 0.249 e. The second-order valence-electron chi connectivity index (χ2n) is 4.57. The molecule has 2 atom stereocenters. The molecule has 1 aromatic carbocycles. The van der Waals surface area contributed by atoms with E-state index in [1.54, 1.807) is 12.1 Å². The molecule has 3 nitrogen and oxygen atoms in total. The first-order valence-electron chi connectivity index (χ1n) is 5.76. The van der Waals surface area contributed by atoms with Gasteiger partial charge in [0.2, 0.25) is 5.91 Å². The Labute approximate surface area is 111 Å². The van der Waals surface area contributed by atoms with Crippen molar-refractivity contribution in [2.75, 3.05) is 0 Å². The Bertz CT molecular complexity index is 435. The van der Waals surface area contributed by atoms with Crippen molar-refractivity contribution in [2.24, 2.45) is 5.92 Å². The smallest absolute Gasteiger partial charge is 0.249 e. The van der Waals surface area contributed by atoms with Gasteiger partial charge in [0.05, 0.1) is 6.04 Å². The van der Waals surface area contributed by atoms with Gasteiger partial charge in [0.25, 0.3) is 0 Å². The van der Waals surface area contributed by atoms with Gasteiger partial charge < -0.3 is 10.4 Å². The van der Waals surface area contributed by atoms with Crippen LogP contribution in [0.1, 0.15) is 32.4 Å². The molecule has 100 valence electrons. The van der Waals surface area contributed by atoms with Crippen LogP contribution in [0.3, 0.4) is 0 Å². The minimum Gasteiger partial charge on any atom is -0.384 e. The van der Waals surface area contributed by atoms with E-state index in [1.807, 2.05) is 13.8 Å². The molecule has 2 N–H and O–H groups in total. The average Bonchev–Trinajstić information content (AvgIpc) is 2.26. The van der Waals surface area contributed by atoms with E-state index in [9.17, 15) is 14.3 Å². The normalized spacial score (nSPS) is 14.4. The van der Waals surface area contributed by atoms with Crippen molar-refractivity contribution >= 4 is 17.5 Å². The highest BCUT2D eigenvalue weighted by Gasteiger charge is 2.23. The van der Waals surface area contributed by atoms with E-state index in [0.29, 0.717) is 10.6 Å². The SMILES string of the molecule is CC(O)C(=O)NC(c1ccc(Cl)cc1F)C(C)C. The Morgan fingerprint density at radius 1 is 1.39 bits per heavy atom. The maximum atomic E-state index is 13.8. The summed E-state index contributed by atoms with van der Waals surface area (Å²) in [6.07, 6.45) is -1.12. The Balaban J connectivity index is 3.01. The van der Waals surface area contributed by atoms with Gasteiger partial charge >= 0.3 is 0 Å². The van der Waals surface area contributed by atoms with Crippen LogP contribution in [0.15, 0.2) is 18.2 Å². The summed E-state index contributed by atoms with van der Waals surface area (Å²) in [5.74, 6) is -1.00. The average molecular weight is 274 g/mol. The largest absolute Gasteiger partial charge is 0.384 e. The topological polar surface area (TPSA) is 49.3 Å². The third-order valence-electron chi connectivity index (χ3n) is 2.64. The molecule has 0 radical (unpaired) electrons. The summed E-state index contributed by atoms with van der Waals surface area (Å²) in [5, 5.41) is 12.1. The zero-order chi connectivity index (χ0) is 13.9. The van der Waals surface area contributed by atoms with Gasteiger partial charge in [0.15, 0.2) is 0 Å². The number of aliphatic hydroxyl groups is 1. The fourth-order valence-electron chi connectivity index (χ4n) is 1.63. The molecule has 0 aliphatic rings. The standard InChI is InChI=1S/C13H17ClFNO2/c1-7(2)12(16-13(18)8(3)17)10-5-4-9(14)6-11(10)15/h4-8,12,17H,1-3H3,(H,16,18). The summed E-state index contributed by atoms with van der Waals surface area (Å²) in [6.45, 7) is 5.09. The predicted octanol–water partition coefficient (Wildman–Crippen LogP) is 2.67. The van der Waals surface area contributed by atoms with Crippen LogP contribution in [0.4, 0.5) is 4.39 Å². The Hall–Kier alpha value is -1.13. The van der Waals surface area contributed by atoms with Crippen LogP contribution in [-0.2, 0) is 4.79 Å². The van der Waals surface area contributed by atoms with Gasteiger partial charge in [-0.1, -0.05) is 31.5 Å². The number of aliphatic hydroxyl groups excluding tert-OH is 1. The second kappa shape index (κ2) is 6.16. The van der Waals surface area contributed by atoms with Crippen LogP contribution >= 0.6 is 11.6 Å². The molecule has 0 aliphatic heterocycles. The zero-order valence-electron chi connectivity index (χ0n) is 10.6. The number of rotatable bonds is 4. The summed E-state index contributed by atoms with van der Waals surface area (Å²) in [4.78, 5) is 11.5. The van der Waals surface area contributed by atoms with E-state index in [2.05, 4.69) is 5.32 Å². The van der Waals surface area contributed by atoms with Crippen molar-refractivity contribution < 1.29 is 14.3 Å². The third-order valence-corrected chi connectivity index (χ3v) is 2.88. The Morgan fingerprint density at radius 3 is 2.44 bits per heavy atom. The van der Waals surface area contributed by atoms with Crippen molar-refractivity contribution in [3.05, 3.63) is 34.6 Å². The number of carbonyl (C=O) groups is 1. The number of hydrogen-bond donors (Lipinski definition) is 2. The van der Waals surface area contributed by atoms with E-state index >= 15 is 0 Å². The van der Waals surface area contributed by atoms with Gasteiger partial charge in [-0.3, -0.25) is 4.79 Å². The summed E-state index contributed by atoms with van der Waals surface area (Å²) in [7, 11) is 0. The molecule has 0 heterocycles. The van der Waals surface area contributed by atoms with E-state index in [4.69, 9.17) is 11.6 Å². The molecule has 1 rings (SSSR count). The summed E-state index contributed by atoms with van der Waals surface area (Å²) in [6, 6.07) is 3.83. The van der Waals surface area contributed by atoms with Crippen molar-refractivity contribution in [3.63, 3.8) is 0 Å². The fraction of sp³-hybridized carbons (Fsp3) is 0.462. The first-order valence-corrected chi connectivity index (χ1v) is 6.14.